The minimum absolute atomic E-state index is 0.198. The molecule has 3 aromatic rings. The van der Waals surface area contributed by atoms with Crippen LogP contribution in [-0.4, -0.2) is 18.6 Å². The molecule has 1 N–H and O–H groups in total. The standard InChI is InChI=1S/C18H19N3O4S/c1-12-6-2-5-9-14(12)21-26(22,23)16-11-10-15(24-16)18-20-19-17(25-18)13-7-3-4-8-13/h2,5-6,9-11,13,21H,3-4,7-8H2,1H3. The number of para-hydroxylation sites is 1. The molecular formula is C18H19N3O4S. The van der Waals surface area contributed by atoms with Gasteiger partial charge in [0, 0.05) is 5.92 Å². The Bertz CT molecular complexity index is 1020. The van der Waals surface area contributed by atoms with Gasteiger partial charge in [0.1, 0.15) is 0 Å². The van der Waals surface area contributed by atoms with E-state index in [2.05, 4.69) is 14.9 Å². The van der Waals surface area contributed by atoms with Gasteiger partial charge >= 0.3 is 0 Å². The molecule has 1 fully saturated rings. The molecule has 0 amide bonds. The lowest BCUT2D eigenvalue weighted by Crippen LogP contribution is -2.12. The molecule has 0 spiro atoms. The Kier molecular flexibility index (Phi) is 4.28. The van der Waals surface area contributed by atoms with E-state index < -0.39 is 10.0 Å². The average molecular weight is 373 g/mol. The monoisotopic (exact) mass is 373 g/mol. The second-order valence-electron chi connectivity index (χ2n) is 6.47. The molecule has 0 atom stereocenters. The van der Waals surface area contributed by atoms with Gasteiger partial charge in [-0.25, -0.2) is 0 Å². The minimum atomic E-state index is -3.84. The van der Waals surface area contributed by atoms with Crippen LogP contribution < -0.4 is 4.72 Å². The molecule has 2 aromatic heterocycles. The summed E-state index contributed by atoms with van der Waals surface area (Å²) in [6, 6.07) is 10.0. The fourth-order valence-corrected chi connectivity index (χ4v) is 4.20. The lowest BCUT2D eigenvalue weighted by atomic mass is 10.1. The van der Waals surface area contributed by atoms with Gasteiger partial charge in [0.05, 0.1) is 5.69 Å². The van der Waals surface area contributed by atoms with E-state index in [1.54, 1.807) is 12.1 Å². The van der Waals surface area contributed by atoms with Crippen molar-refractivity contribution in [2.75, 3.05) is 4.72 Å². The second-order valence-corrected chi connectivity index (χ2v) is 8.08. The average Bonchev–Trinajstić information content (AvgIpc) is 3.37. The van der Waals surface area contributed by atoms with E-state index in [-0.39, 0.29) is 22.7 Å². The first-order valence-electron chi connectivity index (χ1n) is 8.55. The summed E-state index contributed by atoms with van der Waals surface area (Å²) >= 11 is 0. The third kappa shape index (κ3) is 3.24. The van der Waals surface area contributed by atoms with Crippen molar-refractivity contribution in [1.82, 2.24) is 10.2 Å². The summed E-state index contributed by atoms with van der Waals surface area (Å²) in [6.45, 7) is 1.83. The van der Waals surface area contributed by atoms with Gasteiger partial charge < -0.3 is 8.83 Å². The van der Waals surface area contributed by atoms with Crippen LogP contribution in [0.25, 0.3) is 11.7 Å². The van der Waals surface area contributed by atoms with Gasteiger partial charge in [-0.05, 0) is 43.5 Å². The summed E-state index contributed by atoms with van der Waals surface area (Å²) < 4.78 is 38.8. The van der Waals surface area contributed by atoms with Crippen molar-refractivity contribution in [3.8, 4) is 11.7 Å². The SMILES string of the molecule is Cc1ccccc1NS(=O)(=O)c1ccc(-c2nnc(C3CCCC3)o2)o1. The summed E-state index contributed by atoms with van der Waals surface area (Å²) in [6.07, 6.45) is 4.41. The van der Waals surface area contributed by atoms with Gasteiger partial charge in [0.15, 0.2) is 5.76 Å². The summed E-state index contributed by atoms with van der Waals surface area (Å²) in [7, 11) is -3.84. The number of aromatic nitrogens is 2. The molecule has 26 heavy (non-hydrogen) atoms. The van der Waals surface area contributed by atoms with Crippen LogP contribution in [0.5, 0.6) is 0 Å². The van der Waals surface area contributed by atoms with E-state index in [0.29, 0.717) is 11.6 Å². The molecule has 4 rings (SSSR count). The zero-order valence-electron chi connectivity index (χ0n) is 14.3. The van der Waals surface area contributed by atoms with E-state index in [9.17, 15) is 8.42 Å². The molecule has 0 saturated heterocycles. The molecular weight excluding hydrogens is 354 g/mol. The van der Waals surface area contributed by atoms with Crippen molar-refractivity contribution in [3.05, 3.63) is 47.9 Å². The topological polar surface area (TPSA) is 98.2 Å². The highest BCUT2D eigenvalue weighted by atomic mass is 32.2. The Morgan fingerprint density at radius 3 is 2.58 bits per heavy atom. The Hall–Kier alpha value is -2.61. The number of nitrogens with zero attached hydrogens (tertiary/aromatic N) is 2. The molecule has 7 nitrogen and oxygen atoms in total. The zero-order chi connectivity index (χ0) is 18.1. The summed E-state index contributed by atoms with van der Waals surface area (Å²) in [4.78, 5) is 0. The number of sulfonamides is 1. The number of hydrogen-bond acceptors (Lipinski definition) is 6. The van der Waals surface area contributed by atoms with Crippen LogP contribution in [0.3, 0.4) is 0 Å². The number of anilines is 1. The molecule has 8 heteroatoms. The lowest BCUT2D eigenvalue weighted by Gasteiger charge is -2.08. The van der Waals surface area contributed by atoms with Gasteiger partial charge in [-0.1, -0.05) is 31.0 Å². The van der Waals surface area contributed by atoms with Gasteiger partial charge in [0.25, 0.3) is 15.9 Å². The first-order valence-corrected chi connectivity index (χ1v) is 10.0. The van der Waals surface area contributed by atoms with Crippen molar-refractivity contribution >= 4 is 15.7 Å². The number of furan rings is 1. The van der Waals surface area contributed by atoms with Crippen molar-refractivity contribution in [1.29, 1.82) is 0 Å². The van der Waals surface area contributed by atoms with Gasteiger partial charge in [-0.3, -0.25) is 4.72 Å². The smallest absolute Gasteiger partial charge is 0.295 e. The molecule has 0 aliphatic heterocycles. The van der Waals surface area contributed by atoms with Crippen LogP contribution in [0, 0.1) is 6.92 Å². The van der Waals surface area contributed by atoms with E-state index in [4.69, 9.17) is 8.83 Å². The maximum Gasteiger partial charge on any atom is 0.295 e. The number of nitrogens with one attached hydrogen (secondary N) is 1. The summed E-state index contributed by atoms with van der Waals surface area (Å²) in [5, 5.41) is 7.88. The molecule has 0 radical (unpaired) electrons. The summed E-state index contributed by atoms with van der Waals surface area (Å²) in [5.74, 6) is 1.32. The van der Waals surface area contributed by atoms with E-state index in [1.807, 2.05) is 19.1 Å². The Labute approximate surface area is 151 Å². The van der Waals surface area contributed by atoms with Gasteiger partial charge in [-0.15, -0.1) is 10.2 Å². The highest BCUT2D eigenvalue weighted by Crippen LogP contribution is 2.35. The van der Waals surface area contributed by atoms with E-state index >= 15 is 0 Å². The molecule has 1 aliphatic rings. The van der Waals surface area contributed by atoms with Crippen LogP contribution in [0.2, 0.25) is 0 Å². The fraction of sp³-hybridized carbons (Fsp3) is 0.333. The van der Waals surface area contributed by atoms with Crippen LogP contribution in [-0.2, 0) is 10.0 Å². The van der Waals surface area contributed by atoms with Crippen molar-refractivity contribution in [2.45, 2.75) is 43.6 Å². The first-order chi connectivity index (χ1) is 12.5. The van der Waals surface area contributed by atoms with Crippen LogP contribution in [0.4, 0.5) is 5.69 Å². The number of benzene rings is 1. The second kappa shape index (κ2) is 6.60. The van der Waals surface area contributed by atoms with Crippen LogP contribution in [0.15, 0.2) is 50.3 Å². The van der Waals surface area contributed by atoms with Gasteiger partial charge in [0.2, 0.25) is 11.0 Å². The Morgan fingerprint density at radius 2 is 1.81 bits per heavy atom. The van der Waals surface area contributed by atoms with Crippen LogP contribution >= 0.6 is 0 Å². The first kappa shape index (κ1) is 16.8. The lowest BCUT2D eigenvalue weighted by molar-refractivity contribution is 0.421. The quantitative estimate of drug-likeness (QED) is 0.723. The largest absolute Gasteiger partial charge is 0.438 e. The molecule has 1 aromatic carbocycles. The number of hydrogen-bond donors (Lipinski definition) is 1. The van der Waals surface area contributed by atoms with Crippen LogP contribution in [0.1, 0.15) is 43.1 Å². The zero-order valence-corrected chi connectivity index (χ0v) is 15.1. The Morgan fingerprint density at radius 1 is 1.04 bits per heavy atom. The predicted octanol–water partition coefficient (Wildman–Crippen LogP) is 4.10. The van der Waals surface area contributed by atoms with Gasteiger partial charge in [-0.2, -0.15) is 8.42 Å². The molecule has 0 unspecified atom stereocenters. The van der Waals surface area contributed by atoms with Crippen molar-refractivity contribution in [3.63, 3.8) is 0 Å². The molecule has 2 heterocycles. The van der Waals surface area contributed by atoms with Crippen molar-refractivity contribution < 1.29 is 17.3 Å². The molecule has 1 aliphatic carbocycles. The molecule has 1 saturated carbocycles. The maximum absolute atomic E-state index is 12.5. The molecule has 0 bridgehead atoms. The fourth-order valence-electron chi connectivity index (χ4n) is 3.13. The third-order valence-electron chi connectivity index (χ3n) is 4.59. The highest BCUT2D eigenvalue weighted by molar-refractivity contribution is 7.92. The predicted molar refractivity (Wildman–Crippen MR) is 95.2 cm³/mol. The summed E-state index contributed by atoms with van der Waals surface area (Å²) in [5.41, 5.74) is 1.33. The number of rotatable bonds is 5. The van der Waals surface area contributed by atoms with E-state index in [0.717, 1.165) is 31.2 Å². The molecule has 136 valence electrons. The highest BCUT2D eigenvalue weighted by Gasteiger charge is 2.25. The number of aryl methyl sites for hydroxylation is 1. The maximum atomic E-state index is 12.5. The normalized spacial score (nSPS) is 15.4. The minimum Gasteiger partial charge on any atom is -0.438 e. The van der Waals surface area contributed by atoms with Crippen molar-refractivity contribution in [2.24, 2.45) is 0 Å². The third-order valence-corrected chi connectivity index (χ3v) is 5.83. The van der Waals surface area contributed by atoms with E-state index in [1.165, 1.54) is 12.1 Å². The Balaban J connectivity index is 1.56.